The van der Waals surface area contributed by atoms with Crippen molar-refractivity contribution in [3.05, 3.63) is 24.3 Å². The molecule has 1 aliphatic rings. The molecule has 1 heterocycles. The summed E-state index contributed by atoms with van der Waals surface area (Å²) in [5.41, 5.74) is 0.455. The summed E-state index contributed by atoms with van der Waals surface area (Å²) in [6, 6.07) is 9.59. The van der Waals surface area contributed by atoms with Crippen molar-refractivity contribution in [3.8, 4) is 0 Å². The molecule has 1 amide bonds. The molecule has 0 N–H and O–H groups in total. The van der Waals surface area contributed by atoms with Crippen molar-refractivity contribution in [1.82, 2.24) is 0 Å². The van der Waals surface area contributed by atoms with Gasteiger partial charge in [-0.3, -0.25) is 4.79 Å². The fraction of sp³-hybridized carbons (Fsp3) is 0.650. The van der Waals surface area contributed by atoms with Crippen molar-refractivity contribution in [2.45, 2.75) is 69.8 Å². The zero-order chi connectivity index (χ0) is 25.0. The molecule has 0 spiro atoms. The minimum absolute atomic E-state index is 0.455. The van der Waals surface area contributed by atoms with Crippen LogP contribution >= 0.6 is 0 Å². The van der Waals surface area contributed by atoms with E-state index in [1.54, 1.807) is 12.1 Å². The highest BCUT2D eigenvalue weighted by molar-refractivity contribution is 7.61. The van der Waals surface area contributed by atoms with Crippen molar-refractivity contribution < 1.29 is 31.3 Å². The third kappa shape index (κ3) is 7.81. The van der Waals surface area contributed by atoms with Gasteiger partial charge in [0.25, 0.3) is 0 Å². The van der Waals surface area contributed by atoms with Gasteiger partial charge in [-0.2, -0.15) is 13.2 Å². The van der Waals surface area contributed by atoms with Crippen molar-refractivity contribution in [2.24, 2.45) is 0 Å². The second-order valence-corrected chi connectivity index (χ2v) is 38.6. The first-order valence-electron chi connectivity index (χ1n) is 11.3. The summed E-state index contributed by atoms with van der Waals surface area (Å²) in [6.07, 6.45) is -4.36. The number of alkyl halides is 3. The lowest BCUT2D eigenvalue weighted by atomic mass is 10.2. The number of hydrogen-bond donors (Lipinski definition) is 0. The molecule has 0 saturated carbocycles. The maximum atomic E-state index is 13.0. The van der Waals surface area contributed by atoms with Gasteiger partial charge in [-0.05, 0) is 43.6 Å². The summed E-state index contributed by atoms with van der Waals surface area (Å²) in [5.74, 6) is -0.988. The number of nitrogens with zero attached hydrogens (tertiary/aromatic N) is 1. The molecule has 1 aliphatic heterocycles. The molecule has 0 bridgehead atoms. The molecule has 2 rings (SSSR count). The number of rotatable bonds is 6. The first kappa shape index (κ1) is 28.4. The second kappa shape index (κ2) is 11.2. The number of halogens is 3. The Morgan fingerprint density at radius 2 is 1.94 bits per heavy atom. The Hall–Kier alpha value is -0.876. The predicted molar refractivity (Wildman–Crippen MR) is 135 cm³/mol. The lowest BCUT2D eigenvalue weighted by molar-refractivity contribution is -0.151. The molecule has 5 nitrogen and oxygen atoms in total. The molecule has 0 aromatic heterocycles. The number of carbonyl (C=O) groups is 1. The van der Waals surface area contributed by atoms with E-state index in [1.807, 2.05) is 12.1 Å². The molecule has 1 aromatic carbocycles. The largest absolute Gasteiger partial charge is 0.420 e. The van der Waals surface area contributed by atoms with Crippen molar-refractivity contribution in [3.63, 3.8) is 0 Å². The van der Waals surface area contributed by atoms with Crippen molar-refractivity contribution in [1.29, 1.82) is 0 Å². The van der Waals surface area contributed by atoms with Crippen LogP contribution in [0.5, 0.6) is 0 Å². The molecule has 0 aliphatic carbocycles. The van der Waals surface area contributed by atoms with Crippen LogP contribution in [0, 0.1) is 0 Å². The molecule has 33 heavy (non-hydrogen) atoms. The fourth-order valence-corrected chi connectivity index (χ4v) is 46.5. The minimum Gasteiger partial charge on any atom is -0.420 e. The third-order valence-electron chi connectivity index (χ3n) is 6.80. The van der Waals surface area contributed by atoms with Crippen LogP contribution in [0.1, 0.15) is 19.3 Å². The fourth-order valence-electron chi connectivity index (χ4n) is 4.02. The summed E-state index contributed by atoms with van der Waals surface area (Å²) >= 11 is 0. The SMILES string of the molecule is CN(C(=O)CC(F)(F)F)c1cccc([Si](C)(C)CC[Si]2(C)OCCCC[Si](=O)[Si](=O)[SiH]2C)c1. The van der Waals surface area contributed by atoms with E-state index in [4.69, 9.17) is 4.43 Å². The Kier molecular flexibility index (Phi) is 9.66. The number of carbonyl (C=O) groups excluding carboxylic acids is 1. The van der Waals surface area contributed by atoms with Gasteiger partial charge in [-0.1, -0.05) is 43.0 Å². The maximum Gasteiger partial charge on any atom is 0.397 e. The molecule has 1 saturated heterocycles. The van der Waals surface area contributed by atoms with Crippen LogP contribution in [0.2, 0.25) is 44.3 Å². The van der Waals surface area contributed by atoms with Gasteiger partial charge in [0.1, 0.15) is 14.3 Å². The molecule has 2 atom stereocenters. The highest BCUT2D eigenvalue weighted by Crippen LogP contribution is 2.27. The molecular formula is C20H34F3NO4Si5. The van der Waals surface area contributed by atoms with Crippen LogP contribution in [0.4, 0.5) is 18.9 Å². The van der Waals surface area contributed by atoms with E-state index in [0.29, 0.717) is 18.3 Å². The van der Waals surface area contributed by atoms with E-state index in [0.717, 1.165) is 35.0 Å². The highest BCUT2D eigenvalue weighted by Gasteiger charge is 2.46. The second-order valence-electron chi connectivity index (χ2n) is 9.81. The van der Waals surface area contributed by atoms with E-state index < -0.39 is 58.2 Å². The van der Waals surface area contributed by atoms with Gasteiger partial charge in [-0.25, -0.2) is 0 Å². The predicted octanol–water partition coefficient (Wildman–Crippen LogP) is 3.84. The molecule has 2 unspecified atom stereocenters. The highest BCUT2D eigenvalue weighted by atomic mass is 29.8. The number of amides is 1. The summed E-state index contributed by atoms with van der Waals surface area (Å²) in [7, 11) is -8.72. The Bertz CT molecular complexity index is 899. The quantitative estimate of drug-likeness (QED) is 0.506. The van der Waals surface area contributed by atoms with Gasteiger partial charge in [0.15, 0.2) is 7.83 Å². The average molecular weight is 550 g/mol. The summed E-state index contributed by atoms with van der Waals surface area (Å²) < 4.78 is 69.8. The number of hydrogen-bond acceptors (Lipinski definition) is 4. The van der Waals surface area contributed by atoms with E-state index in [9.17, 15) is 26.9 Å². The number of benzene rings is 1. The van der Waals surface area contributed by atoms with Gasteiger partial charge in [-0.15, -0.1) is 0 Å². The van der Waals surface area contributed by atoms with Crippen molar-refractivity contribution in [2.75, 3.05) is 18.6 Å². The van der Waals surface area contributed by atoms with Gasteiger partial charge in [0.2, 0.25) is 5.91 Å². The average Bonchev–Trinajstić information content (AvgIpc) is 2.78. The first-order valence-corrected chi connectivity index (χ1v) is 25.9. The smallest absolute Gasteiger partial charge is 0.397 e. The normalized spacial score (nSPS) is 23.0. The van der Waals surface area contributed by atoms with E-state index in [2.05, 4.69) is 26.2 Å². The van der Waals surface area contributed by atoms with Crippen LogP contribution < -0.4 is 10.1 Å². The van der Waals surface area contributed by atoms with E-state index in [1.165, 1.54) is 7.05 Å². The zero-order valence-corrected chi connectivity index (χ0v) is 25.2. The Labute approximate surface area is 200 Å². The van der Waals surface area contributed by atoms with Gasteiger partial charge >= 0.3 is 22.1 Å². The van der Waals surface area contributed by atoms with Gasteiger partial charge in [0, 0.05) is 19.3 Å². The van der Waals surface area contributed by atoms with Crippen LogP contribution in [-0.4, -0.2) is 65.4 Å². The molecule has 184 valence electrons. The van der Waals surface area contributed by atoms with Crippen LogP contribution in [0.3, 0.4) is 0 Å². The summed E-state index contributed by atoms with van der Waals surface area (Å²) in [5, 5.41) is 1.06. The van der Waals surface area contributed by atoms with Gasteiger partial charge in [0.05, 0.1) is 8.07 Å². The summed E-state index contributed by atoms with van der Waals surface area (Å²) in [4.78, 5) is 13.1. The molecule has 0 radical (unpaired) electrons. The van der Waals surface area contributed by atoms with Crippen LogP contribution in [-0.2, 0) is 18.1 Å². The number of anilines is 1. The van der Waals surface area contributed by atoms with Crippen LogP contribution in [0.25, 0.3) is 0 Å². The lowest BCUT2D eigenvalue weighted by Crippen LogP contribution is -2.58. The maximum absolute atomic E-state index is 13.0. The Balaban J connectivity index is 2.19. The topological polar surface area (TPSA) is 63.7 Å². The molecule has 1 fully saturated rings. The third-order valence-corrected chi connectivity index (χ3v) is 45.6. The Morgan fingerprint density at radius 3 is 2.58 bits per heavy atom. The van der Waals surface area contributed by atoms with E-state index >= 15 is 0 Å². The van der Waals surface area contributed by atoms with Gasteiger partial charge < -0.3 is 18.2 Å². The molecular weight excluding hydrogens is 516 g/mol. The molecule has 13 heteroatoms. The minimum atomic E-state index is -4.54. The lowest BCUT2D eigenvalue weighted by Gasteiger charge is -2.34. The monoisotopic (exact) mass is 549 g/mol. The van der Waals surface area contributed by atoms with Crippen LogP contribution in [0.15, 0.2) is 24.3 Å². The van der Waals surface area contributed by atoms with Crippen molar-refractivity contribution >= 4 is 56.4 Å². The zero-order valence-electron chi connectivity index (χ0n) is 20.1. The van der Waals surface area contributed by atoms with E-state index in [-0.39, 0.29) is 0 Å². The standard InChI is InChI=1S/C20H34F3NO4Si5/c1-24(19(25)16-20(21,22)23)17-9-8-10-18(15-17)32(3,4)13-14-33(5)28-11-6-7-12-30(26)31(27)29(33)2/h8-10,15,29H,6-7,11-14,16H2,1-5H3. The summed E-state index contributed by atoms with van der Waals surface area (Å²) in [6.45, 7) is 9.30. The Morgan fingerprint density at radius 1 is 1.27 bits per heavy atom. The molecule has 1 aromatic rings. The first-order chi connectivity index (χ1) is 15.2.